The van der Waals surface area contributed by atoms with Crippen molar-refractivity contribution >= 4 is 5.88 Å². The summed E-state index contributed by atoms with van der Waals surface area (Å²) < 4.78 is 4.90. The summed E-state index contributed by atoms with van der Waals surface area (Å²) in [6.07, 6.45) is 1.54. The molecule has 58 valence electrons. The molecule has 0 fully saturated rings. The number of rotatable bonds is 1. The molecule has 3 nitrogen and oxygen atoms in total. The van der Waals surface area contributed by atoms with Crippen LogP contribution >= 0.6 is 0 Å². The molecule has 1 aromatic rings. The summed E-state index contributed by atoms with van der Waals surface area (Å²) in [6, 6.07) is 2.01. The smallest absolute Gasteiger partial charge is 0.208 e. The first-order valence-corrected chi connectivity index (χ1v) is 3.43. The van der Waals surface area contributed by atoms with Crippen LogP contribution in [0.2, 0.25) is 0 Å². The minimum Gasteiger partial charge on any atom is -0.447 e. The van der Waals surface area contributed by atoms with Gasteiger partial charge in [-0.1, -0.05) is 13.8 Å². The summed E-state index contributed by atoms with van der Waals surface area (Å²) in [6.45, 7) is 3.98. The summed E-state index contributed by atoms with van der Waals surface area (Å²) >= 11 is 0. The van der Waals surface area contributed by atoms with Crippen molar-refractivity contribution in [3.63, 3.8) is 0 Å². The van der Waals surface area contributed by atoms with E-state index in [1.807, 2.05) is 19.9 Å². The second-order valence-electron chi connectivity index (χ2n) is 2.70. The maximum atomic E-state index is 8.65. The fourth-order valence-corrected chi connectivity index (χ4v) is 0.931. The molecule has 0 aromatic carbocycles. The van der Waals surface area contributed by atoms with Crippen LogP contribution in [-0.2, 0) is 0 Å². The first-order chi connectivity index (χ1) is 5.16. The monoisotopic (exact) mass is 150 g/mol. The van der Waals surface area contributed by atoms with Crippen molar-refractivity contribution in [3.05, 3.63) is 17.4 Å². The SMILES string of the molecule is CC(C)c1coc(N)c1C#N. The number of nitrogens with zero attached hydrogens (tertiary/aromatic N) is 1. The Morgan fingerprint density at radius 1 is 1.64 bits per heavy atom. The van der Waals surface area contributed by atoms with Crippen molar-refractivity contribution in [2.75, 3.05) is 5.73 Å². The van der Waals surface area contributed by atoms with Crippen LogP contribution in [0, 0.1) is 11.3 Å². The molecule has 11 heavy (non-hydrogen) atoms. The fourth-order valence-electron chi connectivity index (χ4n) is 0.931. The van der Waals surface area contributed by atoms with Gasteiger partial charge in [-0.15, -0.1) is 0 Å². The molecule has 1 rings (SSSR count). The lowest BCUT2D eigenvalue weighted by atomic mass is 10.0. The topological polar surface area (TPSA) is 62.9 Å². The molecule has 0 spiro atoms. The molecule has 0 saturated heterocycles. The number of nitriles is 1. The zero-order valence-corrected chi connectivity index (χ0v) is 6.59. The van der Waals surface area contributed by atoms with E-state index in [-0.39, 0.29) is 11.8 Å². The van der Waals surface area contributed by atoms with Crippen LogP contribution in [0.5, 0.6) is 0 Å². The van der Waals surface area contributed by atoms with Crippen LogP contribution in [0.1, 0.15) is 30.9 Å². The molecule has 1 aromatic heterocycles. The molecule has 2 N–H and O–H groups in total. The van der Waals surface area contributed by atoms with Crippen LogP contribution in [0.4, 0.5) is 5.88 Å². The van der Waals surface area contributed by atoms with Crippen LogP contribution in [0.3, 0.4) is 0 Å². The summed E-state index contributed by atoms with van der Waals surface area (Å²) in [7, 11) is 0. The predicted octanol–water partition coefficient (Wildman–Crippen LogP) is 1.86. The number of hydrogen-bond acceptors (Lipinski definition) is 3. The van der Waals surface area contributed by atoms with E-state index in [0.29, 0.717) is 5.56 Å². The van der Waals surface area contributed by atoms with Gasteiger partial charge in [-0.3, -0.25) is 0 Å². The number of nitrogens with two attached hydrogens (primary N) is 1. The van der Waals surface area contributed by atoms with Gasteiger partial charge >= 0.3 is 0 Å². The Morgan fingerprint density at radius 3 is 2.64 bits per heavy atom. The molecule has 0 atom stereocenters. The fraction of sp³-hybridized carbons (Fsp3) is 0.375. The molecular formula is C8H10N2O. The van der Waals surface area contributed by atoms with Crippen molar-refractivity contribution in [1.82, 2.24) is 0 Å². The third kappa shape index (κ3) is 1.20. The van der Waals surface area contributed by atoms with Gasteiger partial charge in [0.2, 0.25) is 5.88 Å². The Labute approximate surface area is 65.4 Å². The minimum atomic E-state index is 0.219. The predicted molar refractivity (Wildman–Crippen MR) is 41.9 cm³/mol. The first kappa shape index (κ1) is 7.67. The van der Waals surface area contributed by atoms with E-state index in [0.717, 1.165) is 5.56 Å². The van der Waals surface area contributed by atoms with Gasteiger partial charge in [0, 0.05) is 5.56 Å². The zero-order valence-electron chi connectivity index (χ0n) is 6.59. The Hall–Kier alpha value is -1.43. The average molecular weight is 150 g/mol. The summed E-state index contributed by atoms with van der Waals surface area (Å²) in [5.41, 5.74) is 6.75. The van der Waals surface area contributed by atoms with E-state index in [9.17, 15) is 0 Å². The highest BCUT2D eigenvalue weighted by molar-refractivity contribution is 5.52. The van der Waals surface area contributed by atoms with E-state index in [4.69, 9.17) is 15.4 Å². The quantitative estimate of drug-likeness (QED) is 0.664. The van der Waals surface area contributed by atoms with Gasteiger partial charge in [0.15, 0.2) is 0 Å². The van der Waals surface area contributed by atoms with E-state index in [1.54, 1.807) is 6.26 Å². The first-order valence-electron chi connectivity index (χ1n) is 3.43. The molecule has 0 aliphatic carbocycles. The number of hydrogen-bond donors (Lipinski definition) is 1. The molecule has 0 radical (unpaired) electrons. The average Bonchev–Trinajstić information content (AvgIpc) is 2.30. The van der Waals surface area contributed by atoms with Crippen LogP contribution in [0.25, 0.3) is 0 Å². The van der Waals surface area contributed by atoms with Gasteiger partial charge in [0.05, 0.1) is 6.26 Å². The largest absolute Gasteiger partial charge is 0.447 e. The van der Waals surface area contributed by atoms with E-state index in [2.05, 4.69) is 0 Å². The van der Waals surface area contributed by atoms with Crippen molar-refractivity contribution < 1.29 is 4.42 Å². The van der Waals surface area contributed by atoms with Gasteiger partial charge in [0.25, 0.3) is 0 Å². The van der Waals surface area contributed by atoms with Crippen molar-refractivity contribution in [1.29, 1.82) is 5.26 Å². The van der Waals surface area contributed by atoms with E-state index < -0.39 is 0 Å². The second kappa shape index (κ2) is 2.67. The van der Waals surface area contributed by atoms with Crippen LogP contribution < -0.4 is 5.73 Å². The number of nitrogen functional groups attached to an aromatic ring is 1. The Kier molecular flexibility index (Phi) is 1.86. The third-order valence-electron chi connectivity index (χ3n) is 1.58. The van der Waals surface area contributed by atoms with Gasteiger partial charge in [0.1, 0.15) is 11.6 Å². The van der Waals surface area contributed by atoms with Crippen LogP contribution in [0.15, 0.2) is 10.7 Å². The molecular weight excluding hydrogens is 140 g/mol. The summed E-state index contributed by atoms with van der Waals surface area (Å²) in [4.78, 5) is 0. The zero-order chi connectivity index (χ0) is 8.43. The number of furan rings is 1. The highest BCUT2D eigenvalue weighted by Crippen LogP contribution is 2.25. The standard InChI is InChI=1S/C8H10N2O/c1-5(2)7-4-11-8(10)6(7)3-9/h4-5H,10H2,1-2H3. The van der Waals surface area contributed by atoms with Crippen LogP contribution in [-0.4, -0.2) is 0 Å². The lowest BCUT2D eigenvalue weighted by Gasteiger charge is -1.98. The van der Waals surface area contributed by atoms with Gasteiger partial charge in [-0.05, 0) is 5.92 Å². The highest BCUT2D eigenvalue weighted by Gasteiger charge is 2.12. The molecule has 0 amide bonds. The number of anilines is 1. The third-order valence-corrected chi connectivity index (χ3v) is 1.58. The molecule has 0 aliphatic heterocycles. The Morgan fingerprint density at radius 2 is 2.27 bits per heavy atom. The highest BCUT2D eigenvalue weighted by atomic mass is 16.3. The molecule has 0 unspecified atom stereocenters. The van der Waals surface area contributed by atoms with E-state index >= 15 is 0 Å². The van der Waals surface area contributed by atoms with Gasteiger partial charge in [-0.25, -0.2) is 0 Å². The molecule has 0 aliphatic rings. The summed E-state index contributed by atoms with van der Waals surface area (Å²) in [5.74, 6) is 0.502. The second-order valence-corrected chi connectivity index (χ2v) is 2.70. The van der Waals surface area contributed by atoms with Gasteiger partial charge < -0.3 is 10.2 Å². The maximum Gasteiger partial charge on any atom is 0.208 e. The van der Waals surface area contributed by atoms with E-state index in [1.165, 1.54) is 0 Å². The molecule has 0 saturated carbocycles. The molecule has 1 heterocycles. The van der Waals surface area contributed by atoms with Crippen molar-refractivity contribution in [2.45, 2.75) is 19.8 Å². The summed E-state index contributed by atoms with van der Waals surface area (Å²) in [5, 5.41) is 8.65. The van der Waals surface area contributed by atoms with Crippen molar-refractivity contribution in [2.24, 2.45) is 0 Å². The Bertz CT molecular complexity index is 294. The normalized spacial score (nSPS) is 10.0. The molecule has 0 bridgehead atoms. The van der Waals surface area contributed by atoms with Gasteiger partial charge in [-0.2, -0.15) is 5.26 Å². The lowest BCUT2D eigenvalue weighted by molar-refractivity contribution is 0.581. The lowest BCUT2D eigenvalue weighted by Crippen LogP contribution is -1.90. The molecule has 3 heteroatoms. The Balaban J connectivity index is 3.19. The van der Waals surface area contributed by atoms with Crippen molar-refractivity contribution in [3.8, 4) is 6.07 Å². The maximum absolute atomic E-state index is 8.65. The minimum absolute atomic E-state index is 0.219.